The van der Waals surface area contributed by atoms with Gasteiger partial charge in [0.1, 0.15) is 23.8 Å². The van der Waals surface area contributed by atoms with Crippen LogP contribution in [0.1, 0.15) is 19.3 Å². The van der Waals surface area contributed by atoms with Gasteiger partial charge in [-0.25, -0.2) is 4.39 Å². The number of rotatable bonds is 5. The molecule has 0 bridgehead atoms. The van der Waals surface area contributed by atoms with E-state index in [9.17, 15) is 9.50 Å². The highest BCUT2D eigenvalue weighted by molar-refractivity contribution is 5.22. The van der Waals surface area contributed by atoms with Gasteiger partial charge in [0.15, 0.2) is 0 Å². The number of halogens is 1. The molecule has 2 rings (SSSR count). The second-order valence-corrected chi connectivity index (χ2v) is 4.82. The molecule has 3 N–H and O–H groups in total. The van der Waals surface area contributed by atoms with Gasteiger partial charge in [-0.2, -0.15) is 0 Å². The zero-order valence-corrected chi connectivity index (χ0v) is 10.8. The quantitative estimate of drug-likeness (QED) is 0.748. The zero-order valence-electron chi connectivity index (χ0n) is 10.8. The monoisotopic (exact) mass is 269 g/mol. The molecule has 1 fully saturated rings. The first-order valence-electron chi connectivity index (χ1n) is 6.65. The van der Waals surface area contributed by atoms with Gasteiger partial charge in [0, 0.05) is 12.6 Å². The Bertz CT molecular complexity index is 385. The maximum absolute atomic E-state index is 12.8. The first kappa shape index (κ1) is 14.2. The molecule has 0 spiro atoms. The molecule has 5 heteroatoms. The molecule has 0 aromatic heterocycles. The van der Waals surface area contributed by atoms with Crippen LogP contribution in [0.3, 0.4) is 0 Å². The summed E-state index contributed by atoms with van der Waals surface area (Å²) in [4.78, 5) is 0. The van der Waals surface area contributed by atoms with Gasteiger partial charge in [-0.3, -0.25) is 0 Å². The van der Waals surface area contributed by atoms with Crippen molar-refractivity contribution in [1.82, 2.24) is 5.32 Å². The molecule has 1 aromatic carbocycles. The Morgan fingerprint density at radius 1 is 1.26 bits per heavy atom. The van der Waals surface area contributed by atoms with Crippen molar-refractivity contribution in [2.24, 2.45) is 0 Å². The van der Waals surface area contributed by atoms with Crippen molar-refractivity contribution >= 4 is 0 Å². The smallest absolute Gasteiger partial charge is 0.126 e. The molecule has 1 aromatic rings. The van der Waals surface area contributed by atoms with E-state index in [0.717, 1.165) is 19.3 Å². The van der Waals surface area contributed by atoms with Crippen molar-refractivity contribution in [1.29, 1.82) is 0 Å². The summed E-state index contributed by atoms with van der Waals surface area (Å²) < 4.78 is 18.5. The summed E-state index contributed by atoms with van der Waals surface area (Å²) in [6, 6.07) is 5.74. The fourth-order valence-electron chi connectivity index (χ4n) is 2.43. The predicted octanol–water partition coefficient (Wildman–Crippen LogP) is 1.07. The molecule has 0 amide bonds. The van der Waals surface area contributed by atoms with Crippen molar-refractivity contribution in [3.63, 3.8) is 0 Å². The maximum atomic E-state index is 12.8. The first-order chi connectivity index (χ1) is 9.20. The molecule has 0 saturated heterocycles. The zero-order chi connectivity index (χ0) is 13.7. The van der Waals surface area contributed by atoms with Gasteiger partial charge in [0.25, 0.3) is 0 Å². The van der Waals surface area contributed by atoms with E-state index in [1.54, 1.807) is 12.1 Å². The summed E-state index contributed by atoms with van der Waals surface area (Å²) in [6.45, 7) is 0.512. The molecular formula is C14H20FNO3. The van der Waals surface area contributed by atoms with Crippen LogP contribution in [0.15, 0.2) is 24.3 Å². The third-order valence-corrected chi connectivity index (χ3v) is 3.42. The van der Waals surface area contributed by atoms with E-state index < -0.39 is 6.10 Å². The molecule has 0 aliphatic heterocycles. The molecule has 3 atom stereocenters. The van der Waals surface area contributed by atoms with Gasteiger partial charge in [-0.1, -0.05) is 0 Å². The summed E-state index contributed by atoms with van der Waals surface area (Å²) in [5.41, 5.74) is 0. The molecule has 4 nitrogen and oxygen atoms in total. The average molecular weight is 269 g/mol. The van der Waals surface area contributed by atoms with Gasteiger partial charge in [0.2, 0.25) is 0 Å². The van der Waals surface area contributed by atoms with E-state index in [1.165, 1.54) is 12.1 Å². The second kappa shape index (κ2) is 6.84. The molecule has 19 heavy (non-hydrogen) atoms. The third kappa shape index (κ3) is 3.89. The van der Waals surface area contributed by atoms with Crippen LogP contribution in [-0.2, 0) is 0 Å². The number of aliphatic hydroxyl groups excluding tert-OH is 2. The van der Waals surface area contributed by atoms with Crippen LogP contribution in [0.4, 0.5) is 4.39 Å². The van der Waals surface area contributed by atoms with Gasteiger partial charge < -0.3 is 20.3 Å². The van der Waals surface area contributed by atoms with Crippen LogP contribution in [0, 0.1) is 5.82 Å². The Hall–Kier alpha value is -1.17. The summed E-state index contributed by atoms with van der Waals surface area (Å²) in [7, 11) is 0. The Morgan fingerprint density at radius 2 is 2.00 bits per heavy atom. The molecule has 1 saturated carbocycles. The lowest BCUT2D eigenvalue weighted by atomic mass is 9.90. The number of aliphatic hydroxyl groups is 2. The van der Waals surface area contributed by atoms with Crippen LogP contribution in [0.5, 0.6) is 5.75 Å². The van der Waals surface area contributed by atoms with Gasteiger partial charge in [-0.15, -0.1) is 0 Å². The van der Waals surface area contributed by atoms with Crippen molar-refractivity contribution in [2.45, 2.75) is 37.5 Å². The topological polar surface area (TPSA) is 61.7 Å². The highest BCUT2D eigenvalue weighted by atomic mass is 19.1. The molecule has 0 radical (unpaired) electrons. The molecular weight excluding hydrogens is 249 g/mol. The lowest BCUT2D eigenvalue weighted by Crippen LogP contribution is -2.51. The van der Waals surface area contributed by atoms with Crippen molar-refractivity contribution in [3.05, 3.63) is 30.1 Å². The minimum atomic E-state index is -0.620. The SMILES string of the molecule is OCCN[C@H]1CCC[C@@H](Oc2ccc(F)cc2)[C@@H]1O. The Balaban J connectivity index is 1.93. The summed E-state index contributed by atoms with van der Waals surface area (Å²) >= 11 is 0. The molecule has 1 aliphatic rings. The van der Waals surface area contributed by atoms with Crippen LogP contribution in [0.2, 0.25) is 0 Å². The Labute approximate surface area is 112 Å². The van der Waals surface area contributed by atoms with Crippen molar-refractivity contribution in [3.8, 4) is 5.75 Å². The highest BCUT2D eigenvalue weighted by Gasteiger charge is 2.32. The fraction of sp³-hybridized carbons (Fsp3) is 0.571. The minimum Gasteiger partial charge on any atom is -0.488 e. The Morgan fingerprint density at radius 3 is 2.68 bits per heavy atom. The summed E-state index contributed by atoms with van der Waals surface area (Å²) in [5.74, 6) is 0.257. The standard InChI is InChI=1S/C14H20FNO3/c15-10-4-6-11(7-5-10)19-13-3-1-2-12(14(13)18)16-8-9-17/h4-7,12-14,16-18H,1-3,8-9H2/t12-,13+,14+/m0/s1. The predicted molar refractivity (Wildman–Crippen MR) is 69.6 cm³/mol. The largest absolute Gasteiger partial charge is 0.488 e. The summed E-state index contributed by atoms with van der Waals surface area (Å²) in [6.07, 6.45) is 1.67. The first-order valence-corrected chi connectivity index (χ1v) is 6.65. The van der Waals surface area contributed by atoms with E-state index in [1.807, 2.05) is 0 Å². The second-order valence-electron chi connectivity index (χ2n) is 4.82. The van der Waals surface area contributed by atoms with Crippen LogP contribution < -0.4 is 10.1 Å². The normalized spacial score (nSPS) is 27.2. The van der Waals surface area contributed by atoms with Crippen molar-refractivity contribution in [2.75, 3.05) is 13.2 Å². The number of nitrogens with one attached hydrogen (secondary N) is 1. The van der Waals surface area contributed by atoms with E-state index in [-0.39, 0.29) is 24.6 Å². The lowest BCUT2D eigenvalue weighted by molar-refractivity contribution is -0.0160. The fourth-order valence-corrected chi connectivity index (χ4v) is 2.43. The molecule has 0 unspecified atom stereocenters. The molecule has 106 valence electrons. The average Bonchev–Trinajstić information content (AvgIpc) is 2.42. The van der Waals surface area contributed by atoms with Crippen LogP contribution in [-0.4, -0.2) is 41.6 Å². The van der Waals surface area contributed by atoms with E-state index in [0.29, 0.717) is 12.3 Å². The maximum Gasteiger partial charge on any atom is 0.126 e. The number of hydrogen-bond donors (Lipinski definition) is 3. The van der Waals surface area contributed by atoms with Crippen molar-refractivity contribution < 1.29 is 19.3 Å². The minimum absolute atomic E-state index is 0.0483. The lowest BCUT2D eigenvalue weighted by Gasteiger charge is -2.35. The van der Waals surface area contributed by atoms with Gasteiger partial charge in [0.05, 0.1) is 6.61 Å². The highest BCUT2D eigenvalue weighted by Crippen LogP contribution is 2.24. The summed E-state index contributed by atoms with van der Waals surface area (Å²) in [5, 5.41) is 22.1. The van der Waals surface area contributed by atoms with E-state index in [2.05, 4.69) is 5.32 Å². The van der Waals surface area contributed by atoms with Gasteiger partial charge >= 0.3 is 0 Å². The number of hydrogen-bond acceptors (Lipinski definition) is 4. The van der Waals surface area contributed by atoms with E-state index >= 15 is 0 Å². The molecule has 1 aliphatic carbocycles. The Kier molecular flexibility index (Phi) is 5.13. The third-order valence-electron chi connectivity index (χ3n) is 3.42. The van der Waals surface area contributed by atoms with Gasteiger partial charge in [-0.05, 0) is 43.5 Å². The van der Waals surface area contributed by atoms with Crippen LogP contribution >= 0.6 is 0 Å². The number of benzene rings is 1. The van der Waals surface area contributed by atoms with Crippen LogP contribution in [0.25, 0.3) is 0 Å². The molecule has 0 heterocycles. The number of ether oxygens (including phenoxy) is 1. The van der Waals surface area contributed by atoms with E-state index in [4.69, 9.17) is 9.84 Å².